The van der Waals surface area contributed by atoms with E-state index in [1.807, 2.05) is 0 Å². The maximum Gasteiger partial charge on any atom is 0.371 e. The zero-order valence-corrected chi connectivity index (χ0v) is 14.1. The van der Waals surface area contributed by atoms with Crippen molar-refractivity contribution < 1.29 is 28.1 Å². The molecule has 0 aliphatic heterocycles. The summed E-state index contributed by atoms with van der Waals surface area (Å²) >= 11 is 0. The van der Waals surface area contributed by atoms with Crippen LogP contribution in [0.4, 0.5) is 11.4 Å². The lowest BCUT2D eigenvalue weighted by Gasteiger charge is -2.06. The lowest BCUT2D eigenvalue weighted by Crippen LogP contribution is -2.20. The summed E-state index contributed by atoms with van der Waals surface area (Å²) < 4.78 is 17.0. The second-order valence-electron chi connectivity index (χ2n) is 5.11. The molecule has 0 bridgehead atoms. The topological polar surface area (TPSA) is 126 Å². The summed E-state index contributed by atoms with van der Waals surface area (Å²) in [6.07, 6.45) is 0. The van der Waals surface area contributed by atoms with Gasteiger partial charge in [-0.15, -0.1) is 0 Å². The van der Waals surface area contributed by atoms with Gasteiger partial charge in [-0.1, -0.05) is 0 Å². The summed E-state index contributed by atoms with van der Waals surface area (Å²) in [7, 11) is -1.54. The number of amides is 2. The lowest BCUT2D eigenvalue weighted by molar-refractivity contribution is -0.114. The van der Waals surface area contributed by atoms with Gasteiger partial charge in [-0.25, -0.2) is 4.79 Å². The normalized spacial score (nSPS) is 11.6. The highest BCUT2D eigenvalue weighted by Gasteiger charge is 2.14. The third-order valence-corrected chi connectivity index (χ3v) is 4.15. The number of benzene rings is 1. The average Bonchev–Trinajstić information content (AvgIpc) is 2.97. The lowest BCUT2D eigenvalue weighted by atomic mass is 10.3. The molecule has 1 atom stereocenters. The third kappa shape index (κ3) is 5.88. The summed E-state index contributed by atoms with van der Waals surface area (Å²) in [4.78, 5) is 33.5. The van der Waals surface area contributed by atoms with Gasteiger partial charge in [0.25, 0.3) is 0 Å². The molecule has 8 nitrogen and oxygen atoms in total. The molecule has 25 heavy (non-hydrogen) atoms. The summed E-state index contributed by atoms with van der Waals surface area (Å²) in [6, 6.07) is 9.16. The molecule has 0 saturated carbocycles. The highest BCUT2D eigenvalue weighted by atomic mass is 32.2. The molecule has 0 fully saturated rings. The predicted molar refractivity (Wildman–Crippen MR) is 91.8 cm³/mol. The Hall–Kier alpha value is -2.94. The van der Waals surface area contributed by atoms with Gasteiger partial charge in [0.15, 0.2) is 0 Å². The summed E-state index contributed by atoms with van der Waals surface area (Å²) in [5, 5.41) is 13.9. The first-order valence-corrected chi connectivity index (χ1v) is 8.67. The van der Waals surface area contributed by atoms with Crippen LogP contribution in [0.1, 0.15) is 23.2 Å². The van der Waals surface area contributed by atoms with Crippen LogP contribution >= 0.6 is 0 Å². The predicted octanol–water partition coefficient (Wildman–Crippen LogP) is 1.82. The van der Waals surface area contributed by atoms with Gasteiger partial charge in [0.05, 0.1) is 5.75 Å². The molecule has 2 rings (SSSR count). The minimum atomic E-state index is -1.54. The minimum absolute atomic E-state index is 0.0534. The largest absolute Gasteiger partial charge is 0.475 e. The number of hydrogen-bond donors (Lipinski definition) is 3. The van der Waals surface area contributed by atoms with Crippen LogP contribution in [-0.2, 0) is 26.1 Å². The van der Waals surface area contributed by atoms with E-state index in [0.29, 0.717) is 11.4 Å². The van der Waals surface area contributed by atoms with Crippen LogP contribution in [0.2, 0.25) is 0 Å². The van der Waals surface area contributed by atoms with Crippen molar-refractivity contribution in [2.24, 2.45) is 0 Å². The van der Waals surface area contributed by atoms with Gasteiger partial charge >= 0.3 is 5.97 Å². The number of rotatable bonds is 7. The van der Waals surface area contributed by atoms with Crippen molar-refractivity contribution in [3.8, 4) is 0 Å². The number of anilines is 2. The highest BCUT2D eigenvalue weighted by Crippen LogP contribution is 2.14. The quantitative estimate of drug-likeness (QED) is 0.688. The van der Waals surface area contributed by atoms with Crippen molar-refractivity contribution in [1.29, 1.82) is 0 Å². The van der Waals surface area contributed by atoms with E-state index in [2.05, 4.69) is 10.6 Å². The molecule has 0 radical (unpaired) electrons. The number of aromatic carboxylic acids is 1. The second-order valence-corrected chi connectivity index (χ2v) is 6.56. The Morgan fingerprint density at radius 1 is 1.04 bits per heavy atom. The Labute approximate surface area is 145 Å². The Morgan fingerprint density at radius 2 is 1.64 bits per heavy atom. The van der Waals surface area contributed by atoms with Gasteiger partial charge in [-0.05, 0) is 36.4 Å². The number of carboxylic acid groups (broad SMARTS) is 1. The van der Waals surface area contributed by atoms with Gasteiger partial charge in [0, 0.05) is 29.1 Å². The number of carboxylic acids is 1. The van der Waals surface area contributed by atoms with E-state index in [-0.39, 0.29) is 28.9 Å². The average molecular weight is 364 g/mol. The van der Waals surface area contributed by atoms with E-state index < -0.39 is 22.7 Å². The van der Waals surface area contributed by atoms with E-state index in [4.69, 9.17) is 9.52 Å². The van der Waals surface area contributed by atoms with Gasteiger partial charge in [-0.3, -0.25) is 13.8 Å². The van der Waals surface area contributed by atoms with Crippen molar-refractivity contribution in [3.63, 3.8) is 0 Å². The van der Waals surface area contributed by atoms with Gasteiger partial charge < -0.3 is 20.2 Å². The van der Waals surface area contributed by atoms with Crippen LogP contribution in [0.15, 0.2) is 40.8 Å². The van der Waals surface area contributed by atoms with E-state index in [9.17, 15) is 18.6 Å². The first-order chi connectivity index (χ1) is 11.8. The summed E-state index contributed by atoms with van der Waals surface area (Å²) in [5.41, 5.74) is 1.10. The SMILES string of the molecule is CC(=O)Nc1ccc(NC(=O)CS(=O)Cc2ccc(C(=O)O)o2)cc1. The van der Waals surface area contributed by atoms with Gasteiger partial charge in [0.1, 0.15) is 11.5 Å². The molecule has 1 aromatic carbocycles. The van der Waals surface area contributed by atoms with Crippen molar-refractivity contribution >= 4 is 40.0 Å². The monoisotopic (exact) mass is 364 g/mol. The molecular formula is C16H16N2O6S. The molecule has 0 spiro atoms. The van der Waals surface area contributed by atoms with Gasteiger partial charge in [0.2, 0.25) is 17.6 Å². The Kier molecular flexibility index (Phi) is 6.07. The van der Waals surface area contributed by atoms with Crippen molar-refractivity contribution in [3.05, 3.63) is 47.9 Å². The maximum absolute atomic E-state index is 12.0. The number of hydrogen-bond acceptors (Lipinski definition) is 5. The smallest absolute Gasteiger partial charge is 0.371 e. The Morgan fingerprint density at radius 3 is 2.16 bits per heavy atom. The van der Waals surface area contributed by atoms with Crippen LogP contribution in [0.5, 0.6) is 0 Å². The zero-order valence-electron chi connectivity index (χ0n) is 13.3. The fourth-order valence-electron chi connectivity index (χ4n) is 1.96. The molecule has 1 heterocycles. The molecule has 1 unspecified atom stereocenters. The summed E-state index contributed by atoms with van der Waals surface area (Å²) in [5.74, 6) is -2.16. The number of carbonyl (C=O) groups is 3. The Balaban J connectivity index is 1.85. The Bertz CT molecular complexity index is 812. The fraction of sp³-hybridized carbons (Fsp3) is 0.188. The van der Waals surface area contributed by atoms with Gasteiger partial charge in [-0.2, -0.15) is 0 Å². The van der Waals surface area contributed by atoms with Crippen LogP contribution in [0, 0.1) is 0 Å². The molecule has 2 aromatic rings. The standard InChI is InChI=1S/C16H16N2O6S/c1-10(19)17-11-2-4-12(5-3-11)18-15(20)9-25(23)8-13-6-7-14(24-13)16(21)22/h2-7H,8-9H2,1H3,(H,17,19)(H,18,20)(H,21,22). The molecule has 0 aliphatic rings. The number of furan rings is 1. The molecule has 1 aromatic heterocycles. The van der Waals surface area contributed by atoms with Crippen LogP contribution < -0.4 is 10.6 Å². The molecular weight excluding hydrogens is 348 g/mol. The van der Waals surface area contributed by atoms with E-state index in [0.717, 1.165) is 0 Å². The zero-order chi connectivity index (χ0) is 18.4. The van der Waals surface area contributed by atoms with Crippen LogP contribution in [-0.4, -0.2) is 32.9 Å². The van der Waals surface area contributed by atoms with Crippen molar-refractivity contribution in [2.75, 3.05) is 16.4 Å². The second kappa shape index (κ2) is 8.25. The summed E-state index contributed by atoms with van der Waals surface area (Å²) in [6.45, 7) is 1.39. The maximum atomic E-state index is 12.0. The van der Waals surface area contributed by atoms with Crippen LogP contribution in [0.3, 0.4) is 0 Å². The molecule has 0 aliphatic carbocycles. The first-order valence-electron chi connectivity index (χ1n) is 7.18. The van der Waals surface area contributed by atoms with Crippen molar-refractivity contribution in [2.45, 2.75) is 12.7 Å². The molecule has 9 heteroatoms. The third-order valence-electron chi connectivity index (χ3n) is 2.96. The molecule has 132 valence electrons. The number of nitrogens with one attached hydrogen (secondary N) is 2. The number of carbonyl (C=O) groups excluding carboxylic acids is 2. The fourth-order valence-corrected chi connectivity index (χ4v) is 2.90. The van der Waals surface area contributed by atoms with E-state index >= 15 is 0 Å². The molecule has 3 N–H and O–H groups in total. The molecule has 0 saturated heterocycles. The van der Waals surface area contributed by atoms with E-state index in [1.54, 1.807) is 24.3 Å². The van der Waals surface area contributed by atoms with E-state index in [1.165, 1.54) is 19.1 Å². The first kappa shape index (κ1) is 18.4. The minimum Gasteiger partial charge on any atom is -0.475 e. The highest BCUT2D eigenvalue weighted by molar-refractivity contribution is 7.84. The van der Waals surface area contributed by atoms with Crippen molar-refractivity contribution in [1.82, 2.24) is 0 Å². The molecule has 2 amide bonds. The van der Waals surface area contributed by atoms with Crippen LogP contribution in [0.25, 0.3) is 0 Å².